The van der Waals surface area contributed by atoms with Gasteiger partial charge >= 0.3 is 0 Å². The fraction of sp³-hybridized carbons (Fsp3) is 0.444. The van der Waals surface area contributed by atoms with Gasteiger partial charge in [0.1, 0.15) is 5.82 Å². The molecule has 0 aliphatic rings. The van der Waals surface area contributed by atoms with Crippen LogP contribution in [0.1, 0.15) is 16.3 Å². The molecule has 26 heavy (non-hydrogen) atoms. The van der Waals surface area contributed by atoms with Gasteiger partial charge in [-0.1, -0.05) is 6.07 Å². The van der Waals surface area contributed by atoms with Crippen molar-refractivity contribution in [2.75, 3.05) is 38.6 Å². The first kappa shape index (κ1) is 22.6. The maximum absolute atomic E-state index is 13.2. The number of nitrogens with zero attached hydrogens (tertiary/aromatic N) is 3. The smallest absolute Gasteiger partial charge is 0.190 e. The molecule has 0 aliphatic heterocycles. The van der Waals surface area contributed by atoms with Crippen LogP contribution in [-0.4, -0.2) is 44.7 Å². The van der Waals surface area contributed by atoms with E-state index in [4.69, 9.17) is 0 Å². The summed E-state index contributed by atoms with van der Waals surface area (Å²) in [6.07, 6.45) is 3.73. The van der Waals surface area contributed by atoms with Crippen LogP contribution in [0.3, 0.4) is 0 Å². The number of aromatic nitrogens is 1. The van der Waals surface area contributed by atoms with Crippen LogP contribution in [0, 0.1) is 12.7 Å². The standard InChI is InChI=1S/C18H26FN5S.HI/c1-14-13-23-17(25-14)8-10-22-18(20-2)21-9-5-11-24(3)16-7-4-6-15(19)12-16;/h4,6-7,12-13H,5,8-11H2,1-3H3,(H2,20,21,22);1H. The second-order valence-electron chi connectivity index (χ2n) is 5.80. The summed E-state index contributed by atoms with van der Waals surface area (Å²) < 4.78 is 13.2. The van der Waals surface area contributed by atoms with Gasteiger partial charge in [-0.25, -0.2) is 9.37 Å². The van der Waals surface area contributed by atoms with E-state index in [-0.39, 0.29) is 29.8 Å². The number of aliphatic imine (C=N–C) groups is 1. The Hall–Kier alpha value is -1.42. The highest BCUT2D eigenvalue weighted by Gasteiger charge is 2.03. The Bertz CT molecular complexity index is 692. The molecule has 2 aromatic rings. The van der Waals surface area contributed by atoms with Crippen molar-refractivity contribution in [3.8, 4) is 0 Å². The van der Waals surface area contributed by atoms with Gasteiger partial charge in [0.25, 0.3) is 0 Å². The highest BCUT2D eigenvalue weighted by atomic mass is 127. The summed E-state index contributed by atoms with van der Waals surface area (Å²) in [6, 6.07) is 6.66. The molecule has 0 bridgehead atoms. The molecule has 8 heteroatoms. The minimum atomic E-state index is -0.206. The summed E-state index contributed by atoms with van der Waals surface area (Å²) in [4.78, 5) is 11.9. The highest BCUT2D eigenvalue weighted by molar-refractivity contribution is 14.0. The van der Waals surface area contributed by atoms with Gasteiger partial charge in [-0.05, 0) is 31.5 Å². The number of hydrogen-bond donors (Lipinski definition) is 2. The van der Waals surface area contributed by atoms with Crippen molar-refractivity contribution in [1.29, 1.82) is 0 Å². The average Bonchev–Trinajstić information content (AvgIpc) is 3.02. The zero-order chi connectivity index (χ0) is 18.1. The summed E-state index contributed by atoms with van der Waals surface area (Å²) in [5, 5.41) is 7.73. The van der Waals surface area contributed by atoms with Crippen molar-refractivity contribution in [2.45, 2.75) is 19.8 Å². The van der Waals surface area contributed by atoms with E-state index < -0.39 is 0 Å². The minimum Gasteiger partial charge on any atom is -0.374 e. The molecule has 0 aliphatic carbocycles. The number of aryl methyl sites for hydroxylation is 1. The molecule has 1 heterocycles. The second-order valence-corrected chi connectivity index (χ2v) is 7.11. The fourth-order valence-corrected chi connectivity index (χ4v) is 3.18. The number of nitrogens with one attached hydrogen (secondary N) is 2. The van der Waals surface area contributed by atoms with E-state index in [2.05, 4.69) is 27.5 Å². The van der Waals surface area contributed by atoms with Crippen LogP contribution in [0.15, 0.2) is 35.5 Å². The number of halogens is 2. The monoisotopic (exact) mass is 491 g/mol. The molecule has 0 fully saturated rings. The predicted molar refractivity (Wildman–Crippen MR) is 120 cm³/mol. The van der Waals surface area contributed by atoms with Crippen molar-refractivity contribution in [1.82, 2.24) is 15.6 Å². The van der Waals surface area contributed by atoms with Crippen LogP contribution in [0.5, 0.6) is 0 Å². The van der Waals surface area contributed by atoms with E-state index in [1.54, 1.807) is 30.5 Å². The van der Waals surface area contributed by atoms with E-state index in [1.807, 2.05) is 24.2 Å². The summed E-state index contributed by atoms with van der Waals surface area (Å²) in [5.74, 6) is 0.587. The molecule has 1 aromatic carbocycles. The van der Waals surface area contributed by atoms with E-state index in [9.17, 15) is 4.39 Å². The molecule has 1 aromatic heterocycles. The van der Waals surface area contributed by atoms with Crippen LogP contribution in [-0.2, 0) is 6.42 Å². The minimum absolute atomic E-state index is 0. The largest absolute Gasteiger partial charge is 0.374 e. The van der Waals surface area contributed by atoms with Crippen molar-refractivity contribution >= 4 is 47.0 Å². The zero-order valence-corrected chi connectivity index (χ0v) is 18.6. The number of guanidine groups is 1. The molecule has 0 saturated carbocycles. The normalized spacial score (nSPS) is 11.0. The van der Waals surface area contributed by atoms with Crippen molar-refractivity contribution in [3.05, 3.63) is 46.2 Å². The van der Waals surface area contributed by atoms with Gasteiger partial charge in [0.15, 0.2) is 5.96 Å². The zero-order valence-electron chi connectivity index (χ0n) is 15.5. The number of thiazole rings is 1. The third-order valence-electron chi connectivity index (χ3n) is 3.74. The topological polar surface area (TPSA) is 52.6 Å². The average molecular weight is 491 g/mol. The van der Waals surface area contributed by atoms with Crippen LogP contribution in [0.25, 0.3) is 0 Å². The Morgan fingerprint density at radius 2 is 2.08 bits per heavy atom. The second kappa shape index (κ2) is 12.1. The number of anilines is 1. The summed E-state index contributed by atoms with van der Waals surface area (Å²) in [7, 11) is 3.74. The molecule has 5 nitrogen and oxygen atoms in total. The summed E-state index contributed by atoms with van der Waals surface area (Å²) in [5.41, 5.74) is 0.890. The Balaban J connectivity index is 0.00000338. The number of rotatable bonds is 8. The van der Waals surface area contributed by atoms with Crippen LogP contribution in [0.4, 0.5) is 10.1 Å². The van der Waals surface area contributed by atoms with Gasteiger partial charge in [-0.15, -0.1) is 35.3 Å². The molecule has 144 valence electrons. The van der Waals surface area contributed by atoms with Gasteiger partial charge in [-0.3, -0.25) is 4.99 Å². The Morgan fingerprint density at radius 3 is 2.73 bits per heavy atom. The van der Waals surface area contributed by atoms with Gasteiger partial charge in [0.2, 0.25) is 0 Å². The maximum atomic E-state index is 13.2. The van der Waals surface area contributed by atoms with E-state index in [0.29, 0.717) is 0 Å². The Morgan fingerprint density at radius 1 is 1.31 bits per heavy atom. The third kappa shape index (κ3) is 7.86. The lowest BCUT2D eigenvalue weighted by Gasteiger charge is -2.19. The summed E-state index contributed by atoms with van der Waals surface area (Å²) in [6.45, 7) is 4.51. The Labute approximate surface area is 176 Å². The number of benzene rings is 1. The molecule has 0 amide bonds. The van der Waals surface area contributed by atoms with E-state index in [1.165, 1.54) is 10.9 Å². The number of hydrogen-bond acceptors (Lipinski definition) is 4. The van der Waals surface area contributed by atoms with E-state index >= 15 is 0 Å². The van der Waals surface area contributed by atoms with Gasteiger partial charge in [0, 0.05) is 56.9 Å². The van der Waals surface area contributed by atoms with Crippen molar-refractivity contribution in [2.24, 2.45) is 4.99 Å². The predicted octanol–water partition coefficient (Wildman–Crippen LogP) is 3.44. The van der Waals surface area contributed by atoms with Gasteiger partial charge in [-0.2, -0.15) is 0 Å². The molecule has 2 rings (SSSR count). The quantitative estimate of drug-likeness (QED) is 0.257. The molecule has 0 saturated heterocycles. The third-order valence-corrected chi connectivity index (χ3v) is 4.71. The molecule has 0 atom stereocenters. The van der Waals surface area contributed by atoms with Gasteiger partial charge < -0.3 is 15.5 Å². The first-order valence-corrected chi connectivity index (χ1v) is 9.22. The summed E-state index contributed by atoms with van der Waals surface area (Å²) >= 11 is 1.73. The fourth-order valence-electron chi connectivity index (χ4n) is 2.39. The van der Waals surface area contributed by atoms with Crippen LogP contribution < -0.4 is 15.5 Å². The van der Waals surface area contributed by atoms with Crippen molar-refractivity contribution in [3.63, 3.8) is 0 Å². The maximum Gasteiger partial charge on any atom is 0.190 e. The molecule has 0 radical (unpaired) electrons. The van der Waals surface area contributed by atoms with Gasteiger partial charge in [0.05, 0.1) is 5.01 Å². The molecular formula is C18H27FIN5S. The lowest BCUT2D eigenvalue weighted by Crippen LogP contribution is -2.39. The van der Waals surface area contributed by atoms with Crippen LogP contribution in [0.2, 0.25) is 0 Å². The first-order valence-electron chi connectivity index (χ1n) is 8.41. The van der Waals surface area contributed by atoms with Crippen LogP contribution >= 0.6 is 35.3 Å². The molecule has 0 spiro atoms. The molecular weight excluding hydrogens is 464 g/mol. The molecule has 2 N–H and O–H groups in total. The lowest BCUT2D eigenvalue weighted by atomic mass is 10.2. The molecule has 0 unspecified atom stereocenters. The highest BCUT2D eigenvalue weighted by Crippen LogP contribution is 2.13. The van der Waals surface area contributed by atoms with E-state index in [0.717, 1.165) is 49.1 Å². The lowest BCUT2D eigenvalue weighted by molar-refractivity contribution is 0.626. The van der Waals surface area contributed by atoms with Crippen molar-refractivity contribution < 1.29 is 4.39 Å². The SMILES string of the molecule is CN=C(NCCCN(C)c1cccc(F)c1)NCCc1ncc(C)s1.I. The Kier molecular flexibility index (Phi) is 10.5. The first-order chi connectivity index (χ1) is 12.1.